The fourth-order valence-electron chi connectivity index (χ4n) is 0.952. The Morgan fingerprint density at radius 3 is 2.50 bits per heavy atom. The van der Waals surface area contributed by atoms with Crippen LogP contribution in [-0.4, -0.2) is 30.2 Å². The Bertz CT molecular complexity index is 233. The van der Waals surface area contributed by atoms with Gasteiger partial charge in [0.05, 0.1) is 6.61 Å². The van der Waals surface area contributed by atoms with E-state index < -0.39 is 17.3 Å². The Morgan fingerprint density at radius 2 is 2.14 bits per heavy atom. The highest BCUT2D eigenvalue weighted by atomic mass is 16.5. The van der Waals surface area contributed by atoms with Crippen LogP contribution in [0.5, 0.6) is 0 Å². The van der Waals surface area contributed by atoms with Gasteiger partial charge < -0.3 is 15.6 Å². The van der Waals surface area contributed by atoms with Crippen molar-refractivity contribution in [2.45, 2.75) is 19.8 Å². The van der Waals surface area contributed by atoms with Crippen molar-refractivity contribution in [1.29, 1.82) is 0 Å². The van der Waals surface area contributed by atoms with Crippen molar-refractivity contribution in [1.82, 2.24) is 0 Å². The van der Waals surface area contributed by atoms with Gasteiger partial charge >= 0.3 is 5.97 Å². The molecule has 0 aliphatic heterocycles. The predicted octanol–water partition coefficient (Wildman–Crippen LogP) is -0.0108. The van der Waals surface area contributed by atoms with Crippen LogP contribution < -0.4 is 5.73 Å². The maximum atomic E-state index is 10.9. The van der Waals surface area contributed by atoms with Crippen LogP contribution in [0.1, 0.15) is 19.8 Å². The van der Waals surface area contributed by atoms with Crippen molar-refractivity contribution in [3.63, 3.8) is 0 Å². The zero-order chi connectivity index (χ0) is 10.8. The summed E-state index contributed by atoms with van der Waals surface area (Å²) in [6, 6.07) is 0. The molecule has 1 amide bonds. The Morgan fingerprint density at radius 1 is 1.57 bits per heavy atom. The van der Waals surface area contributed by atoms with Gasteiger partial charge in [-0.2, -0.15) is 0 Å². The molecule has 0 saturated heterocycles. The number of nitrogens with two attached hydrogens (primary N) is 1. The molecule has 1 fully saturated rings. The average molecular weight is 201 g/mol. The number of rotatable bonds is 6. The van der Waals surface area contributed by atoms with Crippen LogP contribution in [-0.2, 0) is 14.3 Å². The van der Waals surface area contributed by atoms with E-state index in [4.69, 9.17) is 15.6 Å². The summed E-state index contributed by atoms with van der Waals surface area (Å²) in [6.07, 6.45) is 2.25. The molecule has 1 atom stereocenters. The average Bonchev–Trinajstić information content (AvgIpc) is 2.87. The standard InChI is InChI=1S/C9H15NO4/c1-9(7(10)11,8(12)13)5-14-4-6-2-3-6/h6H,2-5H2,1H3,(H2,10,11)(H,12,13). The summed E-state index contributed by atoms with van der Waals surface area (Å²) in [7, 11) is 0. The first-order chi connectivity index (χ1) is 6.47. The lowest BCUT2D eigenvalue weighted by Gasteiger charge is -2.20. The van der Waals surface area contributed by atoms with Gasteiger partial charge in [0.15, 0.2) is 5.41 Å². The number of carboxylic acids is 1. The van der Waals surface area contributed by atoms with E-state index in [2.05, 4.69) is 0 Å². The summed E-state index contributed by atoms with van der Waals surface area (Å²) in [5.41, 5.74) is 3.40. The van der Waals surface area contributed by atoms with Crippen LogP contribution in [0.15, 0.2) is 0 Å². The minimum absolute atomic E-state index is 0.145. The van der Waals surface area contributed by atoms with Gasteiger partial charge in [0, 0.05) is 6.61 Å². The van der Waals surface area contributed by atoms with Gasteiger partial charge in [0.2, 0.25) is 5.91 Å². The summed E-state index contributed by atoms with van der Waals surface area (Å²) in [5, 5.41) is 8.80. The van der Waals surface area contributed by atoms with E-state index in [1.807, 2.05) is 0 Å². The minimum Gasteiger partial charge on any atom is -0.480 e. The summed E-state index contributed by atoms with van der Waals surface area (Å²) < 4.78 is 5.16. The third kappa shape index (κ3) is 2.45. The van der Waals surface area contributed by atoms with E-state index in [0.717, 1.165) is 12.8 Å². The lowest BCUT2D eigenvalue weighted by Crippen LogP contribution is -2.45. The molecule has 5 heteroatoms. The van der Waals surface area contributed by atoms with Crippen LogP contribution in [0.4, 0.5) is 0 Å². The van der Waals surface area contributed by atoms with E-state index in [1.54, 1.807) is 0 Å². The second-order valence-corrected chi connectivity index (χ2v) is 3.96. The number of hydrogen-bond acceptors (Lipinski definition) is 3. The normalized spacial score (nSPS) is 20.1. The van der Waals surface area contributed by atoms with Crippen LogP contribution in [0.2, 0.25) is 0 Å². The summed E-state index contributed by atoms with van der Waals surface area (Å²) >= 11 is 0. The molecule has 1 saturated carbocycles. The molecule has 3 N–H and O–H groups in total. The highest BCUT2D eigenvalue weighted by Crippen LogP contribution is 2.29. The van der Waals surface area contributed by atoms with Crippen LogP contribution in [0.3, 0.4) is 0 Å². The Kier molecular flexibility index (Phi) is 3.10. The predicted molar refractivity (Wildman–Crippen MR) is 48.5 cm³/mol. The second kappa shape index (κ2) is 3.96. The number of carbonyl (C=O) groups is 2. The third-order valence-electron chi connectivity index (χ3n) is 2.46. The zero-order valence-electron chi connectivity index (χ0n) is 8.16. The molecule has 1 aliphatic rings. The number of ether oxygens (including phenoxy) is 1. The van der Waals surface area contributed by atoms with Crippen LogP contribution in [0.25, 0.3) is 0 Å². The molecular weight excluding hydrogens is 186 g/mol. The smallest absolute Gasteiger partial charge is 0.321 e. The third-order valence-corrected chi connectivity index (χ3v) is 2.46. The monoisotopic (exact) mass is 201 g/mol. The first-order valence-corrected chi connectivity index (χ1v) is 4.58. The van der Waals surface area contributed by atoms with E-state index in [1.165, 1.54) is 6.92 Å². The Hall–Kier alpha value is -1.10. The Balaban J connectivity index is 2.41. The molecule has 1 unspecified atom stereocenters. The SMILES string of the molecule is CC(COCC1CC1)(C(N)=O)C(=O)O. The Labute approximate surface area is 82.2 Å². The number of aliphatic carboxylic acids is 1. The molecule has 0 spiro atoms. The lowest BCUT2D eigenvalue weighted by molar-refractivity contribution is -0.157. The maximum absolute atomic E-state index is 10.9. The minimum atomic E-state index is -1.60. The molecule has 0 aromatic rings. The fraction of sp³-hybridized carbons (Fsp3) is 0.778. The first-order valence-electron chi connectivity index (χ1n) is 4.58. The van der Waals surface area contributed by atoms with Crippen molar-refractivity contribution < 1.29 is 19.4 Å². The van der Waals surface area contributed by atoms with Gasteiger partial charge in [-0.05, 0) is 25.7 Å². The molecule has 14 heavy (non-hydrogen) atoms. The van der Waals surface area contributed by atoms with Crippen molar-refractivity contribution >= 4 is 11.9 Å². The second-order valence-electron chi connectivity index (χ2n) is 3.96. The van der Waals surface area contributed by atoms with Gasteiger partial charge in [0.25, 0.3) is 0 Å². The van der Waals surface area contributed by atoms with Gasteiger partial charge in [-0.15, -0.1) is 0 Å². The van der Waals surface area contributed by atoms with Crippen molar-refractivity contribution in [3.8, 4) is 0 Å². The van der Waals surface area contributed by atoms with Crippen molar-refractivity contribution in [2.24, 2.45) is 17.1 Å². The molecule has 80 valence electrons. The number of hydrogen-bond donors (Lipinski definition) is 2. The van der Waals surface area contributed by atoms with Crippen LogP contribution >= 0.6 is 0 Å². The van der Waals surface area contributed by atoms with Gasteiger partial charge in [-0.25, -0.2) is 0 Å². The van der Waals surface area contributed by atoms with E-state index in [-0.39, 0.29) is 6.61 Å². The van der Waals surface area contributed by atoms with Crippen molar-refractivity contribution in [2.75, 3.05) is 13.2 Å². The van der Waals surface area contributed by atoms with Crippen LogP contribution in [0, 0.1) is 11.3 Å². The molecule has 0 aromatic heterocycles. The molecule has 0 heterocycles. The van der Waals surface area contributed by atoms with Gasteiger partial charge in [0.1, 0.15) is 0 Å². The van der Waals surface area contributed by atoms with Gasteiger partial charge in [-0.3, -0.25) is 9.59 Å². The van der Waals surface area contributed by atoms with E-state index >= 15 is 0 Å². The molecular formula is C9H15NO4. The lowest BCUT2D eigenvalue weighted by atomic mass is 9.91. The largest absolute Gasteiger partial charge is 0.480 e. The molecule has 5 nitrogen and oxygen atoms in total. The summed E-state index contributed by atoms with van der Waals surface area (Å²) in [5.74, 6) is -1.55. The quantitative estimate of drug-likeness (QED) is 0.591. The highest BCUT2D eigenvalue weighted by Gasteiger charge is 2.40. The number of carbonyl (C=O) groups excluding carboxylic acids is 1. The molecule has 0 radical (unpaired) electrons. The van der Waals surface area contributed by atoms with Gasteiger partial charge in [-0.1, -0.05) is 0 Å². The van der Waals surface area contributed by atoms with E-state index in [9.17, 15) is 9.59 Å². The number of amides is 1. The zero-order valence-corrected chi connectivity index (χ0v) is 8.16. The topological polar surface area (TPSA) is 89.6 Å². The molecule has 1 rings (SSSR count). The first kappa shape index (κ1) is 11.0. The molecule has 1 aliphatic carbocycles. The fourth-order valence-corrected chi connectivity index (χ4v) is 0.952. The number of primary amides is 1. The highest BCUT2D eigenvalue weighted by molar-refractivity contribution is 6.00. The van der Waals surface area contributed by atoms with Crippen molar-refractivity contribution in [3.05, 3.63) is 0 Å². The summed E-state index contributed by atoms with van der Waals surface area (Å²) in [6.45, 7) is 1.66. The molecule has 0 bridgehead atoms. The van der Waals surface area contributed by atoms with E-state index in [0.29, 0.717) is 12.5 Å². The molecule has 0 aromatic carbocycles. The maximum Gasteiger partial charge on any atom is 0.321 e. The summed E-state index contributed by atoms with van der Waals surface area (Å²) in [4.78, 5) is 21.7. The number of carboxylic acid groups (broad SMARTS) is 1.